The number of piperidine rings is 3. The third-order valence-corrected chi connectivity index (χ3v) is 14.5. The zero-order chi connectivity index (χ0) is 44.5. The van der Waals surface area contributed by atoms with E-state index in [-0.39, 0.29) is 47.3 Å². The first-order valence-corrected chi connectivity index (χ1v) is 23.1. The minimum Gasteiger partial charge on any atom is -0.374 e. The van der Waals surface area contributed by atoms with Crippen LogP contribution in [0.15, 0.2) is 67.4 Å². The summed E-state index contributed by atoms with van der Waals surface area (Å²) < 4.78 is 19.3. The van der Waals surface area contributed by atoms with Crippen LogP contribution in [0.4, 0.5) is 15.9 Å². The van der Waals surface area contributed by atoms with Gasteiger partial charge in [0.1, 0.15) is 23.7 Å². The van der Waals surface area contributed by atoms with Crippen molar-refractivity contribution < 1.29 is 18.8 Å². The monoisotopic (exact) mass is 867 g/mol. The maximum Gasteiger partial charge on any atom is 0.249 e. The van der Waals surface area contributed by atoms with Crippen molar-refractivity contribution in [2.24, 2.45) is 5.41 Å². The number of hydrogen-bond acceptors (Lipinski definition) is 10. The lowest BCUT2D eigenvalue weighted by atomic mass is 9.75. The minimum atomic E-state index is -0.544. The Morgan fingerprint density at radius 1 is 0.906 bits per heavy atom. The van der Waals surface area contributed by atoms with E-state index >= 15 is 4.39 Å². The van der Waals surface area contributed by atoms with Gasteiger partial charge in [-0.1, -0.05) is 13.0 Å². The molecule has 3 N–H and O–H groups in total. The molecule has 4 aromatic heterocycles. The standard InChI is InChI=1S/C49H58FN11O3/c1-4-49(48(64)55-31(2)3)17-21-59(22-18-49)44-13-5-33(26-52-44)41-23-34(29-61-46(41)35(25-51)27-54-61)36-28-53-60(30-36)39-9-7-38(8-10-39)58-19-15-32(16-20-58)40-11-6-37(24-42(40)50)56-43-12-14-45(62)57-47(43)63/h5-6,11,13,23-24,26-32,38-39,43,56H,4,7-10,12,14-22H2,1-3H3,(H,55,64)(H,57,62,63)/t38-,39-,43?. The second-order valence-electron chi connectivity index (χ2n) is 18.6. The molecule has 1 unspecified atom stereocenters. The van der Waals surface area contributed by atoms with Gasteiger partial charge in [-0.15, -0.1) is 0 Å². The maximum absolute atomic E-state index is 15.4. The number of hydrogen-bond donors (Lipinski definition) is 3. The first kappa shape index (κ1) is 43.1. The van der Waals surface area contributed by atoms with Crippen LogP contribution in [0.5, 0.6) is 0 Å². The van der Waals surface area contributed by atoms with Crippen LogP contribution in [0.1, 0.15) is 114 Å². The molecule has 0 radical (unpaired) electrons. The summed E-state index contributed by atoms with van der Waals surface area (Å²) in [7, 11) is 0. The molecule has 1 aliphatic carbocycles. The zero-order valence-corrected chi connectivity index (χ0v) is 37.0. The van der Waals surface area contributed by atoms with Crippen LogP contribution in [-0.4, -0.2) is 91.3 Å². The molecular formula is C49H58FN11O3. The van der Waals surface area contributed by atoms with E-state index in [2.05, 4.69) is 66.9 Å². The zero-order valence-electron chi connectivity index (χ0n) is 37.0. The molecule has 64 heavy (non-hydrogen) atoms. The van der Waals surface area contributed by atoms with Crippen molar-refractivity contribution in [3.05, 3.63) is 84.3 Å². The van der Waals surface area contributed by atoms with E-state index in [4.69, 9.17) is 10.1 Å². The topological polar surface area (TPSA) is 166 Å². The summed E-state index contributed by atoms with van der Waals surface area (Å²) in [5.41, 5.74) is 5.85. The van der Waals surface area contributed by atoms with E-state index in [1.54, 1.807) is 10.7 Å². The summed E-state index contributed by atoms with van der Waals surface area (Å²) in [6.07, 6.45) is 18.5. The second kappa shape index (κ2) is 18.2. The van der Waals surface area contributed by atoms with Crippen LogP contribution in [0.25, 0.3) is 27.8 Å². The van der Waals surface area contributed by atoms with E-state index in [0.717, 1.165) is 123 Å². The highest BCUT2D eigenvalue weighted by molar-refractivity contribution is 6.01. The summed E-state index contributed by atoms with van der Waals surface area (Å²) >= 11 is 0. The number of carbonyl (C=O) groups excluding carboxylic acids is 3. The molecule has 14 nitrogen and oxygen atoms in total. The van der Waals surface area contributed by atoms with Gasteiger partial charge >= 0.3 is 0 Å². The molecule has 334 valence electrons. The Kier molecular flexibility index (Phi) is 12.2. The molecular weight excluding hydrogens is 810 g/mol. The normalized spacial score (nSPS) is 22.1. The van der Waals surface area contributed by atoms with Gasteiger partial charge in [-0.2, -0.15) is 15.5 Å². The van der Waals surface area contributed by atoms with Crippen molar-refractivity contribution in [1.29, 1.82) is 5.26 Å². The number of nitrogens with zero attached hydrogens (tertiary/aromatic N) is 8. The predicted molar refractivity (Wildman–Crippen MR) is 243 cm³/mol. The van der Waals surface area contributed by atoms with Crippen LogP contribution in [-0.2, 0) is 14.4 Å². The average molecular weight is 868 g/mol. The number of anilines is 2. The van der Waals surface area contributed by atoms with Gasteiger partial charge in [0.2, 0.25) is 17.7 Å². The molecule has 4 fully saturated rings. The number of nitriles is 1. The number of rotatable bonds is 11. The number of benzene rings is 1. The number of halogens is 1. The quantitative estimate of drug-likeness (QED) is 0.114. The van der Waals surface area contributed by atoms with Gasteiger partial charge in [0.05, 0.1) is 34.9 Å². The number of carbonyl (C=O) groups is 3. The van der Waals surface area contributed by atoms with Crippen LogP contribution < -0.4 is 20.9 Å². The fraction of sp³-hybridized carbons (Fsp3) is 0.490. The molecule has 3 saturated heterocycles. The van der Waals surface area contributed by atoms with Crippen molar-refractivity contribution in [2.45, 2.75) is 121 Å². The molecule has 0 spiro atoms. The Balaban J connectivity index is 0.816. The number of fused-ring (bicyclic) bond motifs is 1. The Bertz CT molecular complexity index is 2550. The van der Waals surface area contributed by atoms with Crippen LogP contribution in [0.2, 0.25) is 0 Å². The van der Waals surface area contributed by atoms with Crippen LogP contribution >= 0.6 is 0 Å². The van der Waals surface area contributed by atoms with Gasteiger partial charge in [0.15, 0.2) is 0 Å². The molecule has 3 amide bonds. The summed E-state index contributed by atoms with van der Waals surface area (Å²) in [4.78, 5) is 46.5. The lowest BCUT2D eigenvalue weighted by Gasteiger charge is -2.41. The van der Waals surface area contributed by atoms with E-state index < -0.39 is 6.04 Å². The average Bonchev–Trinajstić information content (AvgIpc) is 3.98. The molecule has 9 rings (SSSR count). The van der Waals surface area contributed by atoms with Crippen molar-refractivity contribution in [2.75, 3.05) is 36.4 Å². The summed E-state index contributed by atoms with van der Waals surface area (Å²) in [5, 5.41) is 28.0. The highest BCUT2D eigenvalue weighted by atomic mass is 19.1. The van der Waals surface area contributed by atoms with Gasteiger partial charge < -0.3 is 20.4 Å². The van der Waals surface area contributed by atoms with Gasteiger partial charge in [0.25, 0.3) is 0 Å². The molecule has 7 heterocycles. The van der Waals surface area contributed by atoms with Gasteiger partial charge in [-0.3, -0.25) is 24.4 Å². The number of aromatic nitrogens is 5. The maximum atomic E-state index is 15.4. The number of amides is 3. The molecule has 4 aliphatic rings. The fourth-order valence-electron chi connectivity index (χ4n) is 10.6. The smallest absolute Gasteiger partial charge is 0.249 e. The fourth-order valence-corrected chi connectivity index (χ4v) is 10.6. The number of imide groups is 1. The Morgan fingerprint density at radius 3 is 2.34 bits per heavy atom. The molecule has 3 aliphatic heterocycles. The lowest BCUT2D eigenvalue weighted by molar-refractivity contribution is -0.134. The third-order valence-electron chi connectivity index (χ3n) is 14.5. The van der Waals surface area contributed by atoms with Crippen molar-refractivity contribution in [1.82, 2.24) is 39.9 Å². The lowest BCUT2D eigenvalue weighted by Crippen LogP contribution is -2.50. The highest BCUT2D eigenvalue weighted by Gasteiger charge is 2.40. The van der Waals surface area contributed by atoms with E-state index in [1.807, 2.05) is 50.6 Å². The molecule has 1 aromatic carbocycles. The Morgan fingerprint density at radius 2 is 1.67 bits per heavy atom. The number of pyridine rings is 2. The number of nitrogens with one attached hydrogen (secondary N) is 3. The predicted octanol–water partition coefficient (Wildman–Crippen LogP) is 7.37. The van der Waals surface area contributed by atoms with Crippen LogP contribution in [0.3, 0.4) is 0 Å². The highest BCUT2D eigenvalue weighted by Crippen LogP contribution is 2.39. The first-order valence-electron chi connectivity index (χ1n) is 23.1. The Labute approximate surface area is 373 Å². The van der Waals surface area contributed by atoms with Gasteiger partial charge in [0, 0.05) is 78.1 Å². The molecule has 5 aromatic rings. The molecule has 1 saturated carbocycles. The molecule has 0 bridgehead atoms. The summed E-state index contributed by atoms with van der Waals surface area (Å²) in [6.45, 7) is 9.49. The van der Waals surface area contributed by atoms with Gasteiger partial charge in [-0.25, -0.2) is 13.9 Å². The Hall–Kier alpha value is -6.14. The number of likely N-dealkylation sites (tertiary alicyclic amines) is 1. The SMILES string of the molecule is CCC1(C(=O)NC(C)C)CCN(c2ccc(-c3cc(-c4cnn([C@H]5CC[C@H](N6CCC(c7ccc(NC8CCC(=O)NC8=O)cc7F)CC6)CC5)c4)cn4ncc(C#N)c34)cn2)CC1. The van der Waals surface area contributed by atoms with Crippen LogP contribution in [0, 0.1) is 22.6 Å². The van der Waals surface area contributed by atoms with Crippen molar-refractivity contribution in [3.63, 3.8) is 0 Å². The van der Waals surface area contributed by atoms with E-state index in [1.165, 1.54) is 6.07 Å². The van der Waals surface area contributed by atoms with Crippen molar-refractivity contribution >= 4 is 34.7 Å². The largest absolute Gasteiger partial charge is 0.374 e. The third kappa shape index (κ3) is 8.72. The van der Waals surface area contributed by atoms with Gasteiger partial charge in [-0.05, 0) is 133 Å². The van der Waals surface area contributed by atoms with E-state index in [0.29, 0.717) is 29.8 Å². The molecule has 1 atom stereocenters. The first-order chi connectivity index (χ1) is 31.0. The summed E-state index contributed by atoms with van der Waals surface area (Å²) in [6, 6.07) is 14.1. The second-order valence-corrected chi connectivity index (χ2v) is 18.6. The van der Waals surface area contributed by atoms with E-state index in [9.17, 15) is 19.6 Å². The molecule has 15 heteroatoms. The van der Waals surface area contributed by atoms with Crippen molar-refractivity contribution in [3.8, 4) is 28.3 Å². The summed E-state index contributed by atoms with van der Waals surface area (Å²) in [5.74, 6) is 0.280. The minimum absolute atomic E-state index is 0.114.